The minimum Gasteiger partial charge on any atom is -0.311 e. The highest BCUT2D eigenvalue weighted by atomic mass is 32.1. The number of hydrogen-bond donors (Lipinski definition) is 0. The van der Waals surface area contributed by atoms with Crippen molar-refractivity contribution < 1.29 is 4.79 Å². The fraction of sp³-hybridized carbons (Fsp3) is 0. The average Bonchev–Trinajstić information content (AvgIpc) is 3.31. The maximum Gasteiger partial charge on any atom is 0.150 e. The van der Waals surface area contributed by atoms with Gasteiger partial charge in [0.05, 0.1) is 11.7 Å². The van der Waals surface area contributed by atoms with E-state index in [0.29, 0.717) is 5.56 Å². The van der Waals surface area contributed by atoms with Crippen LogP contribution in [-0.4, -0.2) is 15.0 Å². The molecule has 5 heteroatoms. The first kappa shape index (κ1) is 19.5. The quantitative estimate of drug-likeness (QED) is 0.311. The number of rotatable bonds is 4. The van der Waals surface area contributed by atoms with Crippen LogP contribution >= 0.6 is 11.7 Å². The molecule has 5 aromatic rings. The molecule has 0 amide bonds. The van der Waals surface area contributed by atoms with Gasteiger partial charge in [-0.1, -0.05) is 48.5 Å². The topological polar surface area (TPSA) is 46.1 Å². The second kappa shape index (κ2) is 9.58. The second-order valence-corrected chi connectivity index (χ2v) is 7.00. The minimum atomic E-state index is 0.680. The molecule has 0 saturated carbocycles. The summed E-state index contributed by atoms with van der Waals surface area (Å²) in [6.45, 7) is 0. The van der Waals surface area contributed by atoms with Crippen molar-refractivity contribution in [2.24, 2.45) is 0 Å². The molecule has 30 heavy (non-hydrogen) atoms. The SMILES string of the molecule is O=Cc1ccc(N(c2ccccc2)c2ccccc2)cc1.c1ccc2nsnc2c1. The number of hydrogen-bond acceptors (Lipinski definition) is 5. The van der Waals surface area contributed by atoms with Gasteiger partial charge in [-0.2, -0.15) is 8.75 Å². The molecule has 0 radical (unpaired) electrons. The largest absolute Gasteiger partial charge is 0.311 e. The molecule has 0 fully saturated rings. The Hall–Kier alpha value is -3.83. The molecule has 0 saturated heterocycles. The predicted molar refractivity (Wildman–Crippen MR) is 124 cm³/mol. The smallest absolute Gasteiger partial charge is 0.150 e. The normalized spacial score (nSPS) is 10.1. The molecule has 1 aromatic heterocycles. The number of aromatic nitrogens is 2. The van der Waals surface area contributed by atoms with E-state index in [9.17, 15) is 4.79 Å². The van der Waals surface area contributed by atoms with Crippen molar-refractivity contribution in [2.45, 2.75) is 0 Å². The van der Waals surface area contributed by atoms with E-state index in [1.165, 1.54) is 11.7 Å². The van der Waals surface area contributed by atoms with Crippen LogP contribution in [0.1, 0.15) is 10.4 Å². The molecule has 0 atom stereocenters. The molecule has 0 spiro atoms. The molecule has 0 N–H and O–H groups in total. The van der Waals surface area contributed by atoms with Crippen molar-refractivity contribution in [3.63, 3.8) is 0 Å². The van der Waals surface area contributed by atoms with E-state index in [4.69, 9.17) is 0 Å². The molecule has 4 nitrogen and oxygen atoms in total. The van der Waals surface area contributed by atoms with Gasteiger partial charge in [0.15, 0.2) is 0 Å². The highest BCUT2D eigenvalue weighted by Gasteiger charge is 2.11. The van der Waals surface area contributed by atoms with Crippen LogP contribution < -0.4 is 4.90 Å². The summed E-state index contributed by atoms with van der Waals surface area (Å²) in [5.74, 6) is 0. The Labute approximate surface area is 179 Å². The summed E-state index contributed by atoms with van der Waals surface area (Å²) in [6, 6.07) is 35.8. The van der Waals surface area contributed by atoms with Crippen LogP contribution in [-0.2, 0) is 0 Å². The summed E-state index contributed by atoms with van der Waals surface area (Å²) < 4.78 is 8.10. The number of carbonyl (C=O) groups excluding carboxylic acids is 1. The predicted octanol–water partition coefficient (Wildman–Crippen LogP) is 6.66. The highest BCUT2D eigenvalue weighted by Crippen LogP contribution is 2.33. The first-order chi connectivity index (χ1) is 14.8. The fourth-order valence-electron chi connectivity index (χ4n) is 3.03. The Morgan fingerprint density at radius 1 is 0.567 bits per heavy atom. The van der Waals surface area contributed by atoms with Crippen molar-refractivity contribution in [1.82, 2.24) is 8.75 Å². The Morgan fingerprint density at radius 2 is 1.00 bits per heavy atom. The third-order valence-corrected chi connectivity index (χ3v) is 5.03. The van der Waals surface area contributed by atoms with Gasteiger partial charge in [0.25, 0.3) is 0 Å². The van der Waals surface area contributed by atoms with Gasteiger partial charge >= 0.3 is 0 Å². The molecule has 0 aliphatic carbocycles. The van der Waals surface area contributed by atoms with Gasteiger partial charge in [-0.25, -0.2) is 0 Å². The zero-order chi connectivity index (χ0) is 20.6. The van der Waals surface area contributed by atoms with Crippen molar-refractivity contribution in [2.75, 3.05) is 4.90 Å². The molecular formula is C25H19N3OS. The zero-order valence-corrected chi connectivity index (χ0v) is 16.9. The zero-order valence-electron chi connectivity index (χ0n) is 16.1. The lowest BCUT2D eigenvalue weighted by Gasteiger charge is -2.25. The van der Waals surface area contributed by atoms with Gasteiger partial charge in [-0.05, 0) is 60.7 Å². The van der Waals surface area contributed by atoms with E-state index < -0.39 is 0 Å². The van der Waals surface area contributed by atoms with Gasteiger partial charge in [0, 0.05) is 22.6 Å². The lowest BCUT2D eigenvalue weighted by molar-refractivity contribution is 0.112. The number of anilines is 3. The Bertz CT molecular complexity index is 1140. The first-order valence-electron chi connectivity index (χ1n) is 9.48. The highest BCUT2D eigenvalue weighted by molar-refractivity contribution is 7.00. The van der Waals surface area contributed by atoms with Gasteiger partial charge in [0.2, 0.25) is 0 Å². The number of aldehydes is 1. The van der Waals surface area contributed by atoms with Crippen LogP contribution in [0.3, 0.4) is 0 Å². The van der Waals surface area contributed by atoms with Crippen LogP contribution in [0.2, 0.25) is 0 Å². The van der Waals surface area contributed by atoms with Crippen LogP contribution in [0.5, 0.6) is 0 Å². The Morgan fingerprint density at radius 3 is 1.47 bits per heavy atom. The summed E-state index contributed by atoms with van der Waals surface area (Å²) in [6.07, 6.45) is 0.860. The lowest BCUT2D eigenvalue weighted by atomic mass is 10.1. The molecule has 0 aliphatic rings. The maximum absolute atomic E-state index is 10.8. The Kier molecular flexibility index (Phi) is 6.22. The van der Waals surface area contributed by atoms with E-state index in [2.05, 4.69) is 37.9 Å². The van der Waals surface area contributed by atoms with Gasteiger partial charge < -0.3 is 4.90 Å². The van der Waals surface area contributed by atoms with E-state index in [-0.39, 0.29) is 0 Å². The molecule has 0 unspecified atom stereocenters. The summed E-state index contributed by atoms with van der Waals surface area (Å²) in [5.41, 5.74) is 5.85. The van der Waals surface area contributed by atoms with Gasteiger partial charge in [-0.15, -0.1) is 0 Å². The molecule has 0 bridgehead atoms. The first-order valence-corrected chi connectivity index (χ1v) is 10.2. The third-order valence-electron chi connectivity index (χ3n) is 4.48. The number of para-hydroxylation sites is 2. The van der Waals surface area contributed by atoms with Crippen LogP contribution in [0, 0.1) is 0 Å². The van der Waals surface area contributed by atoms with Crippen molar-refractivity contribution >= 4 is 46.1 Å². The van der Waals surface area contributed by atoms with Gasteiger partial charge in [-0.3, -0.25) is 4.79 Å². The summed E-state index contributed by atoms with van der Waals surface area (Å²) in [4.78, 5) is 13.0. The molecule has 4 aromatic carbocycles. The van der Waals surface area contributed by atoms with Crippen molar-refractivity contribution in [1.29, 1.82) is 0 Å². The minimum absolute atomic E-state index is 0.680. The summed E-state index contributed by atoms with van der Waals surface area (Å²) in [7, 11) is 0. The standard InChI is InChI=1S/C19H15NO.C6H4N2S/c21-15-16-11-13-19(14-12-16)20(17-7-3-1-4-8-17)18-9-5-2-6-10-18;1-2-4-6-5(3-1)7-9-8-6/h1-15H;1-4H. The van der Waals surface area contributed by atoms with Crippen molar-refractivity contribution in [3.8, 4) is 0 Å². The lowest BCUT2D eigenvalue weighted by Crippen LogP contribution is -2.09. The van der Waals surface area contributed by atoms with Crippen molar-refractivity contribution in [3.05, 3.63) is 115 Å². The van der Waals surface area contributed by atoms with E-state index in [1.807, 2.05) is 84.9 Å². The van der Waals surface area contributed by atoms with Crippen LogP contribution in [0.25, 0.3) is 11.0 Å². The van der Waals surface area contributed by atoms with Crippen LogP contribution in [0.15, 0.2) is 109 Å². The number of fused-ring (bicyclic) bond motifs is 1. The summed E-state index contributed by atoms with van der Waals surface area (Å²) >= 11 is 1.25. The summed E-state index contributed by atoms with van der Waals surface area (Å²) in [5, 5.41) is 0. The van der Waals surface area contributed by atoms with E-state index in [1.54, 1.807) is 0 Å². The monoisotopic (exact) mass is 409 g/mol. The molecular weight excluding hydrogens is 390 g/mol. The van der Waals surface area contributed by atoms with E-state index >= 15 is 0 Å². The maximum atomic E-state index is 10.8. The third kappa shape index (κ3) is 4.59. The van der Waals surface area contributed by atoms with Crippen LogP contribution in [0.4, 0.5) is 17.1 Å². The number of benzene rings is 4. The second-order valence-electron chi connectivity index (χ2n) is 6.47. The average molecular weight is 410 g/mol. The Balaban J connectivity index is 0.000000200. The van der Waals surface area contributed by atoms with Gasteiger partial charge in [0.1, 0.15) is 17.3 Å². The number of nitrogens with zero attached hydrogens (tertiary/aromatic N) is 3. The van der Waals surface area contributed by atoms with E-state index in [0.717, 1.165) is 34.4 Å². The fourth-order valence-corrected chi connectivity index (χ4v) is 3.56. The molecule has 5 rings (SSSR count). The molecule has 146 valence electrons. The molecule has 0 aliphatic heterocycles. The molecule has 1 heterocycles. The number of carbonyl (C=O) groups is 1.